The second kappa shape index (κ2) is 17.5. The zero-order valence-electron chi connectivity index (χ0n) is 37.1. The Morgan fingerprint density at radius 2 is 1.45 bits per heavy atom. The van der Waals surface area contributed by atoms with E-state index in [0.29, 0.717) is 49.7 Å². The van der Waals surface area contributed by atoms with Crippen LogP contribution in [-0.4, -0.2) is 140 Å². The SMILES string of the molecule is O=C1CC[C@H](N2C(=O)c3ccc(N4CCC(C(=O)N5CC(N6CCN(c7ccc(Nc8ncnc9c8ncn9C8CC(NC(=O)Cc9ccccc9)C8)cc7)CC6)C5)CC4)cc3C2=O)C(=O)N1. The molecule has 0 radical (unpaired) electrons. The zero-order valence-corrected chi connectivity index (χ0v) is 37.1. The lowest BCUT2D eigenvalue weighted by Crippen LogP contribution is -2.65. The molecule has 4 saturated heterocycles. The monoisotopic (exact) mass is 904 g/mol. The predicted octanol–water partition coefficient (Wildman–Crippen LogP) is 3.28. The highest BCUT2D eigenvalue weighted by Crippen LogP contribution is 2.36. The van der Waals surface area contributed by atoms with Crippen LogP contribution in [0, 0.1) is 5.92 Å². The van der Waals surface area contributed by atoms with E-state index in [4.69, 9.17) is 0 Å². The number of piperidine rings is 2. The maximum Gasteiger partial charge on any atom is 0.262 e. The number of imidazole rings is 1. The van der Waals surface area contributed by atoms with Crippen LogP contribution in [0.25, 0.3) is 11.2 Å². The molecule has 6 amide bonds. The van der Waals surface area contributed by atoms with Crippen molar-refractivity contribution in [2.24, 2.45) is 5.92 Å². The molecule has 1 saturated carbocycles. The van der Waals surface area contributed by atoms with Gasteiger partial charge in [0.1, 0.15) is 12.4 Å². The first-order chi connectivity index (χ1) is 32.6. The van der Waals surface area contributed by atoms with Gasteiger partial charge in [0.25, 0.3) is 11.8 Å². The van der Waals surface area contributed by atoms with Gasteiger partial charge in [0.05, 0.1) is 23.9 Å². The number of fused-ring (bicyclic) bond motifs is 2. The number of nitrogens with one attached hydrogen (secondary N) is 3. The molecule has 5 aliphatic heterocycles. The minimum atomic E-state index is -1.00. The largest absolute Gasteiger partial charge is 0.371 e. The average molecular weight is 905 g/mol. The van der Waals surface area contributed by atoms with Crippen LogP contribution in [0.1, 0.15) is 70.8 Å². The fourth-order valence-electron chi connectivity index (χ4n) is 10.6. The summed E-state index contributed by atoms with van der Waals surface area (Å²) in [6.07, 6.45) is 7.00. The molecule has 1 atom stereocenters. The zero-order chi connectivity index (χ0) is 45.8. The Morgan fingerprint density at radius 3 is 2.19 bits per heavy atom. The Kier molecular flexibility index (Phi) is 11.1. The molecule has 18 heteroatoms. The summed E-state index contributed by atoms with van der Waals surface area (Å²) in [5, 5.41) is 8.84. The number of amides is 6. The number of benzene rings is 3. The third-order valence-corrected chi connectivity index (χ3v) is 14.6. The standard InChI is InChI=1S/C49H52N12O6/c62-41-13-12-40(46(64)55-41)61-48(66)38-11-10-35(25-39(38)49(61)67)56-16-14-31(15-17-56)47(65)59-26-37(27-59)58-20-18-57(19-21-58)34-8-6-32(7-9-34)54-44-43-45(51-28-50-44)60(29-52-43)36-23-33(24-36)53-42(63)22-30-4-2-1-3-5-30/h1-11,25,28-29,31,33,36-37,40H,12-24,26-27H2,(H,53,63)(H,50,51,54)(H,55,62,64)/t33?,36?,40-/m0/s1. The number of anilines is 4. The van der Waals surface area contributed by atoms with Gasteiger partial charge in [-0.3, -0.25) is 43.9 Å². The minimum Gasteiger partial charge on any atom is -0.371 e. The van der Waals surface area contributed by atoms with Gasteiger partial charge in [-0.1, -0.05) is 30.3 Å². The number of likely N-dealkylation sites (tertiary alicyclic amines) is 1. The number of nitrogens with zero attached hydrogens (tertiary/aromatic N) is 9. The van der Waals surface area contributed by atoms with Crippen molar-refractivity contribution in [2.75, 3.05) is 67.5 Å². The van der Waals surface area contributed by atoms with Crippen LogP contribution in [0.5, 0.6) is 0 Å². The van der Waals surface area contributed by atoms with Crippen LogP contribution in [-0.2, 0) is 25.6 Å². The molecule has 2 aromatic heterocycles. The number of aromatic nitrogens is 4. The van der Waals surface area contributed by atoms with Crippen molar-refractivity contribution in [1.82, 2.24) is 44.9 Å². The molecule has 6 aliphatic rings. The number of piperazine rings is 1. The molecule has 7 heterocycles. The van der Waals surface area contributed by atoms with Crippen LogP contribution in [0.4, 0.5) is 22.9 Å². The van der Waals surface area contributed by atoms with E-state index in [9.17, 15) is 28.8 Å². The lowest BCUT2D eigenvalue weighted by Gasteiger charge is -2.49. The van der Waals surface area contributed by atoms with E-state index in [0.717, 1.165) is 85.3 Å². The minimum absolute atomic E-state index is 0.0391. The Hall–Kier alpha value is -7.21. The van der Waals surface area contributed by atoms with Gasteiger partial charge >= 0.3 is 0 Å². The molecule has 11 rings (SSSR count). The predicted molar refractivity (Wildman–Crippen MR) is 248 cm³/mol. The molecule has 5 aromatic rings. The topological polar surface area (TPSA) is 198 Å². The van der Waals surface area contributed by atoms with Crippen LogP contribution >= 0.6 is 0 Å². The molecule has 3 N–H and O–H groups in total. The maximum absolute atomic E-state index is 13.6. The van der Waals surface area contributed by atoms with Gasteiger partial charge < -0.3 is 29.9 Å². The quantitative estimate of drug-likeness (QED) is 0.164. The first-order valence-electron chi connectivity index (χ1n) is 23.4. The highest BCUT2D eigenvalue weighted by molar-refractivity contribution is 6.23. The first kappa shape index (κ1) is 42.4. The first-order valence-corrected chi connectivity index (χ1v) is 23.4. The number of carbonyl (C=O) groups is 6. The average Bonchev–Trinajstić information content (AvgIpc) is 3.85. The van der Waals surface area contributed by atoms with E-state index in [1.54, 1.807) is 18.5 Å². The lowest BCUT2D eigenvalue weighted by molar-refractivity contribution is -0.144. The molecule has 0 unspecified atom stereocenters. The second-order valence-corrected chi connectivity index (χ2v) is 18.6. The third-order valence-electron chi connectivity index (χ3n) is 14.6. The summed E-state index contributed by atoms with van der Waals surface area (Å²) in [7, 11) is 0. The second-order valence-electron chi connectivity index (χ2n) is 18.6. The highest BCUT2D eigenvalue weighted by atomic mass is 16.2. The molecular formula is C49H52N12O6. The van der Waals surface area contributed by atoms with E-state index in [2.05, 4.69) is 74.4 Å². The van der Waals surface area contributed by atoms with Crippen LogP contribution < -0.4 is 25.8 Å². The van der Waals surface area contributed by atoms with Crippen molar-refractivity contribution >= 4 is 69.5 Å². The van der Waals surface area contributed by atoms with E-state index in [1.165, 1.54) is 0 Å². The van der Waals surface area contributed by atoms with Gasteiger partial charge in [-0.05, 0) is 80.1 Å². The molecule has 344 valence electrons. The third kappa shape index (κ3) is 8.23. The van der Waals surface area contributed by atoms with Crippen molar-refractivity contribution in [1.29, 1.82) is 0 Å². The van der Waals surface area contributed by atoms with E-state index < -0.39 is 29.7 Å². The van der Waals surface area contributed by atoms with Gasteiger partial charge in [0.2, 0.25) is 23.6 Å². The number of carbonyl (C=O) groups excluding carboxylic acids is 6. The molecule has 1 aliphatic carbocycles. The van der Waals surface area contributed by atoms with Gasteiger partial charge in [-0.25, -0.2) is 15.0 Å². The number of hydrogen-bond donors (Lipinski definition) is 3. The molecule has 18 nitrogen and oxygen atoms in total. The van der Waals surface area contributed by atoms with Crippen molar-refractivity contribution in [3.8, 4) is 0 Å². The summed E-state index contributed by atoms with van der Waals surface area (Å²) in [5.41, 5.74) is 5.87. The van der Waals surface area contributed by atoms with Crippen LogP contribution in [0.2, 0.25) is 0 Å². The number of imide groups is 2. The Balaban J connectivity index is 0.615. The van der Waals surface area contributed by atoms with Crippen molar-refractivity contribution < 1.29 is 28.8 Å². The summed E-state index contributed by atoms with van der Waals surface area (Å²) in [6, 6.07) is 23.0. The normalized spacial score (nSPS) is 22.7. The van der Waals surface area contributed by atoms with Gasteiger partial charge in [0, 0.05) is 99.9 Å². The fraction of sp³-hybridized carbons (Fsp3) is 0.408. The molecular weight excluding hydrogens is 853 g/mol. The van der Waals surface area contributed by atoms with Crippen LogP contribution in [0.3, 0.4) is 0 Å². The number of hydrogen-bond acceptors (Lipinski definition) is 13. The van der Waals surface area contributed by atoms with E-state index >= 15 is 0 Å². The van der Waals surface area contributed by atoms with Crippen LogP contribution in [0.15, 0.2) is 85.5 Å². The van der Waals surface area contributed by atoms with Crippen molar-refractivity contribution in [3.05, 3.63) is 102 Å². The molecule has 5 fully saturated rings. The van der Waals surface area contributed by atoms with E-state index in [1.807, 2.05) is 47.6 Å². The summed E-state index contributed by atoms with van der Waals surface area (Å²) in [6.45, 7) is 6.44. The van der Waals surface area contributed by atoms with Crippen molar-refractivity contribution in [2.45, 2.75) is 69.1 Å². The van der Waals surface area contributed by atoms with Gasteiger partial charge in [-0.15, -0.1) is 0 Å². The maximum atomic E-state index is 13.6. The summed E-state index contributed by atoms with van der Waals surface area (Å²) < 4.78 is 2.09. The Bertz CT molecular complexity index is 2750. The molecule has 0 bridgehead atoms. The van der Waals surface area contributed by atoms with Gasteiger partial charge in [0.15, 0.2) is 17.0 Å². The smallest absolute Gasteiger partial charge is 0.262 e. The Labute approximate surface area is 386 Å². The molecule has 3 aromatic carbocycles. The van der Waals surface area contributed by atoms with Crippen molar-refractivity contribution in [3.63, 3.8) is 0 Å². The summed E-state index contributed by atoms with van der Waals surface area (Å²) in [4.78, 5) is 101. The Morgan fingerprint density at radius 1 is 0.731 bits per heavy atom. The van der Waals surface area contributed by atoms with E-state index in [-0.39, 0.29) is 53.8 Å². The molecule has 67 heavy (non-hydrogen) atoms. The lowest BCUT2D eigenvalue weighted by atomic mass is 9.86. The fourth-order valence-corrected chi connectivity index (χ4v) is 10.6. The summed E-state index contributed by atoms with van der Waals surface area (Å²) >= 11 is 0. The highest BCUT2D eigenvalue weighted by Gasteiger charge is 2.45. The molecule has 0 spiro atoms. The number of rotatable bonds is 11. The van der Waals surface area contributed by atoms with Gasteiger partial charge in [-0.2, -0.15) is 0 Å². The summed E-state index contributed by atoms with van der Waals surface area (Å²) in [5.74, 6) is -1.24.